The van der Waals surface area contributed by atoms with Crippen molar-refractivity contribution in [1.29, 1.82) is 0 Å². The van der Waals surface area contributed by atoms with Crippen LogP contribution in [0.5, 0.6) is 11.5 Å². The van der Waals surface area contributed by atoms with Gasteiger partial charge in [-0.15, -0.1) is 0 Å². The van der Waals surface area contributed by atoms with Crippen molar-refractivity contribution in [2.24, 2.45) is 0 Å². The van der Waals surface area contributed by atoms with Crippen LogP contribution in [0.3, 0.4) is 0 Å². The number of non-ortho nitro benzene ring substituents is 1. The highest BCUT2D eigenvalue weighted by atomic mass is 16.6. The number of carbonyl (C=O) groups is 1. The Morgan fingerprint density at radius 3 is 2.43 bits per heavy atom. The Kier molecular flexibility index (Phi) is 4.05. The standard InChI is InChI=1S/C17H13NO5/c19-15(7-3-12-1-5-14(6-2-12)18(20)21)13-4-8-16-17(11-13)23-10-9-22-16/h1-8,11H,9-10H2/b7-3+. The largest absolute Gasteiger partial charge is 0.486 e. The second kappa shape index (κ2) is 6.31. The molecular formula is C17H13NO5. The fourth-order valence-electron chi connectivity index (χ4n) is 2.17. The van der Waals surface area contributed by atoms with Crippen molar-refractivity contribution in [2.45, 2.75) is 0 Å². The van der Waals surface area contributed by atoms with Crippen LogP contribution in [-0.2, 0) is 0 Å². The van der Waals surface area contributed by atoms with E-state index in [1.54, 1.807) is 36.4 Å². The average Bonchev–Trinajstić information content (AvgIpc) is 2.59. The molecule has 116 valence electrons. The van der Waals surface area contributed by atoms with E-state index in [0.717, 1.165) is 0 Å². The van der Waals surface area contributed by atoms with Gasteiger partial charge in [0.05, 0.1) is 4.92 Å². The number of carbonyl (C=O) groups excluding carboxylic acids is 1. The molecule has 1 aliphatic heterocycles. The summed E-state index contributed by atoms with van der Waals surface area (Å²) in [6.45, 7) is 0.962. The molecular weight excluding hydrogens is 298 g/mol. The fourth-order valence-corrected chi connectivity index (χ4v) is 2.17. The zero-order valence-electron chi connectivity index (χ0n) is 12.1. The van der Waals surface area contributed by atoms with Gasteiger partial charge in [0, 0.05) is 17.7 Å². The molecule has 6 nitrogen and oxygen atoms in total. The number of benzene rings is 2. The van der Waals surface area contributed by atoms with Crippen LogP contribution in [0.2, 0.25) is 0 Å². The molecule has 0 aromatic heterocycles. The zero-order chi connectivity index (χ0) is 16.2. The molecule has 6 heteroatoms. The second-order valence-electron chi connectivity index (χ2n) is 4.90. The van der Waals surface area contributed by atoms with E-state index >= 15 is 0 Å². The minimum absolute atomic E-state index is 0.0142. The molecule has 0 spiro atoms. The maximum atomic E-state index is 12.2. The predicted molar refractivity (Wildman–Crippen MR) is 83.9 cm³/mol. The van der Waals surface area contributed by atoms with E-state index in [1.165, 1.54) is 18.2 Å². The molecule has 0 atom stereocenters. The Bertz CT molecular complexity index is 780. The van der Waals surface area contributed by atoms with Gasteiger partial charge in [0.2, 0.25) is 0 Å². The first-order chi connectivity index (χ1) is 11.1. The number of nitro benzene ring substituents is 1. The van der Waals surface area contributed by atoms with Crippen molar-refractivity contribution >= 4 is 17.5 Å². The van der Waals surface area contributed by atoms with Crippen LogP contribution in [0.1, 0.15) is 15.9 Å². The van der Waals surface area contributed by atoms with Crippen LogP contribution < -0.4 is 9.47 Å². The summed E-state index contributed by atoms with van der Waals surface area (Å²) in [5, 5.41) is 10.6. The smallest absolute Gasteiger partial charge is 0.269 e. The number of hydrogen-bond donors (Lipinski definition) is 0. The van der Waals surface area contributed by atoms with Crippen LogP contribution in [0.15, 0.2) is 48.5 Å². The van der Waals surface area contributed by atoms with Crippen molar-refractivity contribution in [2.75, 3.05) is 13.2 Å². The van der Waals surface area contributed by atoms with E-state index in [4.69, 9.17) is 9.47 Å². The Balaban J connectivity index is 1.74. The third-order valence-electron chi connectivity index (χ3n) is 3.36. The van der Waals surface area contributed by atoms with E-state index in [-0.39, 0.29) is 11.5 Å². The highest BCUT2D eigenvalue weighted by molar-refractivity contribution is 6.07. The molecule has 23 heavy (non-hydrogen) atoms. The van der Waals surface area contributed by atoms with Crippen LogP contribution >= 0.6 is 0 Å². The number of ether oxygens (including phenoxy) is 2. The molecule has 0 aliphatic carbocycles. The lowest BCUT2D eigenvalue weighted by Gasteiger charge is -2.18. The molecule has 0 unspecified atom stereocenters. The molecule has 2 aromatic carbocycles. The van der Waals surface area contributed by atoms with Gasteiger partial charge in [-0.25, -0.2) is 0 Å². The highest BCUT2D eigenvalue weighted by Gasteiger charge is 2.13. The maximum Gasteiger partial charge on any atom is 0.269 e. The van der Waals surface area contributed by atoms with Gasteiger partial charge < -0.3 is 9.47 Å². The minimum Gasteiger partial charge on any atom is -0.486 e. The topological polar surface area (TPSA) is 78.7 Å². The van der Waals surface area contributed by atoms with Crippen molar-refractivity contribution in [3.63, 3.8) is 0 Å². The van der Waals surface area contributed by atoms with Gasteiger partial charge in [-0.1, -0.05) is 6.08 Å². The summed E-state index contributed by atoms with van der Waals surface area (Å²) < 4.78 is 10.9. The van der Waals surface area contributed by atoms with Crippen molar-refractivity contribution in [3.8, 4) is 11.5 Å². The number of nitrogens with zero attached hydrogens (tertiary/aromatic N) is 1. The normalized spacial score (nSPS) is 13.0. The molecule has 0 fully saturated rings. The molecule has 1 aliphatic rings. The third-order valence-corrected chi connectivity index (χ3v) is 3.36. The zero-order valence-corrected chi connectivity index (χ0v) is 12.1. The SMILES string of the molecule is O=C(/C=C/c1ccc([N+](=O)[O-])cc1)c1ccc2c(c1)OCCO2. The first-order valence-electron chi connectivity index (χ1n) is 7.00. The number of fused-ring (bicyclic) bond motifs is 1. The molecule has 0 radical (unpaired) electrons. The Hall–Kier alpha value is -3.15. The lowest BCUT2D eigenvalue weighted by molar-refractivity contribution is -0.384. The van der Waals surface area contributed by atoms with E-state index < -0.39 is 4.92 Å². The molecule has 0 saturated heterocycles. The molecule has 0 N–H and O–H groups in total. The summed E-state index contributed by atoms with van der Waals surface area (Å²) in [5.74, 6) is 1.01. The lowest BCUT2D eigenvalue weighted by Crippen LogP contribution is -2.15. The van der Waals surface area contributed by atoms with Crippen molar-refractivity contribution in [3.05, 3.63) is 69.8 Å². The number of ketones is 1. The molecule has 3 rings (SSSR count). The quantitative estimate of drug-likeness (QED) is 0.375. The number of allylic oxidation sites excluding steroid dienone is 1. The fraction of sp³-hybridized carbons (Fsp3) is 0.118. The molecule has 2 aromatic rings. The summed E-state index contributed by atoms with van der Waals surface area (Å²) in [4.78, 5) is 22.3. The van der Waals surface area contributed by atoms with E-state index in [0.29, 0.717) is 35.8 Å². The summed E-state index contributed by atoms with van der Waals surface area (Å²) in [7, 11) is 0. The predicted octanol–water partition coefficient (Wildman–Crippen LogP) is 3.26. The van der Waals surface area contributed by atoms with Gasteiger partial charge in [-0.3, -0.25) is 14.9 Å². The van der Waals surface area contributed by atoms with Crippen LogP contribution in [0.4, 0.5) is 5.69 Å². The highest BCUT2D eigenvalue weighted by Crippen LogP contribution is 2.31. The number of nitro groups is 1. The summed E-state index contributed by atoms with van der Waals surface area (Å²) in [6.07, 6.45) is 3.04. The first kappa shape index (κ1) is 14.8. The molecule has 0 bridgehead atoms. The molecule has 0 saturated carbocycles. The number of rotatable bonds is 4. The summed E-state index contributed by atoms with van der Waals surface area (Å²) in [5.41, 5.74) is 1.22. The average molecular weight is 311 g/mol. The van der Waals surface area contributed by atoms with Crippen LogP contribution in [0, 0.1) is 10.1 Å². The number of hydrogen-bond acceptors (Lipinski definition) is 5. The van der Waals surface area contributed by atoms with Crippen molar-refractivity contribution in [1.82, 2.24) is 0 Å². The Morgan fingerprint density at radius 1 is 1.04 bits per heavy atom. The van der Waals surface area contributed by atoms with Gasteiger partial charge in [0.1, 0.15) is 13.2 Å². The van der Waals surface area contributed by atoms with Crippen LogP contribution in [-0.4, -0.2) is 23.9 Å². The van der Waals surface area contributed by atoms with Gasteiger partial charge in [-0.2, -0.15) is 0 Å². The van der Waals surface area contributed by atoms with Crippen molar-refractivity contribution < 1.29 is 19.2 Å². The second-order valence-corrected chi connectivity index (χ2v) is 4.90. The van der Waals surface area contributed by atoms with Gasteiger partial charge in [-0.05, 0) is 42.0 Å². The van der Waals surface area contributed by atoms with Gasteiger partial charge in [0.15, 0.2) is 17.3 Å². The Morgan fingerprint density at radius 2 is 1.74 bits per heavy atom. The first-order valence-corrected chi connectivity index (χ1v) is 7.00. The summed E-state index contributed by atoms with van der Waals surface area (Å²) >= 11 is 0. The van der Waals surface area contributed by atoms with Gasteiger partial charge in [0.25, 0.3) is 5.69 Å². The Labute approximate surface area is 132 Å². The van der Waals surface area contributed by atoms with E-state index in [2.05, 4.69) is 0 Å². The van der Waals surface area contributed by atoms with Gasteiger partial charge >= 0.3 is 0 Å². The lowest BCUT2D eigenvalue weighted by atomic mass is 10.1. The third kappa shape index (κ3) is 3.37. The van der Waals surface area contributed by atoms with Crippen LogP contribution in [0.25, 0.3) is 6.08 Å². The molecule has 1 heterocycles. The summed E-state index contributed by atoms with van der Waals surface area (Å²) in [6, 6.07) is 11.0. The van der Waals surface area contributed by atoms with E-state index in [9.17, 15) is 14.9 Å². The molecule has 0 amide bonds. The maximum absolute atomic E-state index is 12.2. The monoisotopic (exact) mass is 311 g/mol. The minimum atomic E-state index is -0.464. The van der Waals surface area contributed by atoms with E-state index in [1.807, 2.05) is 0 Å².